The van der Waals surface area contributed by atoms with Crippen molar-refractivity contribution in [1.82, 2.24) is 4.98 Å². The molecule has 2 aromatic rings. The Bertz CT molecular complexity index is 625. The van der Waals surface area contributed by atoms with Gasteiger partial charge in [-0.2, -0.15) is 0 Å². The first kappa shape index (κ1) is 12.0. The number of nitrogens with zero attached hydrogens (tertiary/aromatic N) is 2. The zero-order valence-corrected chi connectivity index (χ0v) is 10.7. The zero-order chi connectivity index (χ0) is 13.2. The molecule has 19 heavy (non-hydrogen) atoms. The number of hydrogen-bond acceptors (Lipinski definition) is 3. The topological polar surface area (TPSA) is 53.4 Å². The van der Waals surface area contributed by atoms with Gasteiger partial charge in [-0.1, -0.05) is 18.2 Å². The summed E-state index contributed by atoms with van der Waals surface area (Å²) in [6.45, 7) is 1.43. The molecule has 1 aliphatic rings. The fraction of sp³-hybridized carbons (Fsp3) is 0.333. The van der Waals surface area contributed by atoms with E-state index in [-0.39, 0.29) is 6.42 Å². The lowest BCUT2D eigenvalue weighted by atomic mass is 10.0. The molecule has 98 valence electrons. The van der Waals surface area contributed by atoms with Gasteiger partial charge in [0.15, 0.2) is 0 Å². The molecule has 0 saturated carbocycles. The Kier molecular flexibility index (Phi) is 3.07. The summed E-state index contributed by atoms with van der Waals surface area (Å²) in [7, 11) is 0. The third-order valence-electron chi connectivity index (χ3n) is 3.55. The molecule has 0 saturated heterocycles. The maximum atomic E-state index is 10.7. The molecule has 1 aromatic carbocycles. The number of carboxylic acid groups (broad SMARTS) is 1. The van der Waals surface area contributed by atoms with Gasteiger partial charge >= 0.3 is 5.97 Å². The predicted molar refractivity (Wildman–Crippen MR) is 74.5 cm³/mol. The van der Waals surface area contributed by atoms with E-state index in [4.69, 9.17) is 10.1 Å². The molecule has 0 spiro atoms. The van der Waals surface area contributed by atoms with Gasteiger partial charge in [-0.3, -0.25) is 4.79 Å². The first-order chi connectivity index (χ1) is 9.24. The van der Waals surface area contributed by atoms with Crippen LogP contribution in [0.1, 0.15) is 18.4 Å². The Balaban J connectivity index is 1.98. The van der Waals surface area contributed by atoms with Gasteiger partial charge in [0.05, 0.1) is 11.9 Å². The number of rotatable bonds is 3. The van der Waals surface area contributed by atoms with Crippen LogP contribution in [0, 0.1) is 0 Å². The second-order valence-corrected chi connectivity index (χ2v) is 4.90. The normalized spacial score (nSPS) is 14.4. The smallest absolute Gasteiger partial charge is 0.305 e. The molecular formula is C15H16N2O2. The van der Waals surface area contributed by atoms with Crippen molar-refractivity contribution >= 4 is 22.7 Å². The largest absolute Gasteiger partial charge is 0.481 e. The number of aromatic nitrogens is 1. The molecular weight excluding hydrogens is 240 g/mol. The minimum atomic E-state index is -0.757. The molecule has 0 radical (unpaired) electrons. The maximum absolute atomic E-state index is 10.7. The molecule has 0 bridgehead atoms. The van der Waals surface area contributed by atoms with Crippen LogP contribution in [0.25, 0.3) is 10.9 Å². The summed E-state index contributed by atoms with van der Waals surface area (Å²) in [5.41, 5.74) is 2.21. The number of para-hydroxylation sites is 1. The molecule has 0 fully saturated rings. The van der Waals surface area contributed by atoms with E-state index >= 15 is 0 Å². The number of fused-ring (bicyclic) bond motifs is 2. The Labute approximate surface area is 111 Å². The summed E-state index contributed by atoms with van der Waals surface area (Å²) in [5, 5.41) is 9.97. The molecule has 1 aromatic heterocycles. The Morgan fingerprint density at radius 1 is 1.37 bits per heavy atom. The summed E-state index contributed by atoms with van der Waals surface area (Å²) in [6, 6.07) is 10.2. The van der Waals surface area contributed by atoms with E-state index in [1.807, 2.05) is 18.2 Å². The van der Waals surface area contributed by atoms with Gasteiger partial charge in [0.2, 0.25) is 0 Å². The molecule has 2 heterocycles. The summed E-state index contributed by atoms with van der Waals surface area (Å²) in [4.78, 5) is 17.5. The Hall–Kier alpha value is -2.10. The minimum absolute atomic E-state index is 0.161. The maximum Gasteiger partial charge on any atom is 0.305 e. The highest BCUT2D eigenvalue weighted by Gasteiger charge is 2.19. The summed E-state index contributed by atoms with van der Waals surface area (Å²) < 4.78 is 0. The van der Waals surface area contributed by atoms with E-state index < -0.39 is 5.97 Å². The van der Waals surface area contributed by atoms with Crippen LogP contribution in [0.2, 0.25) is 0 Å². The highest BCUT2D eigenvalue weighted by atomic mass is 16.4. The van der Waals surface area contributed by atoms with Crippen LogP contribution in [-0.2, 0) is 11.2 Å². The van der Waals surface area contributed by atoms with E-state index in [0.717, 1.165) is 36.1 Å². The third-order valence-corrected chi connectivity index (χ3v) is 3.55. The minimum Gasteiger partial charge on any atom is -0.481 e. The average Bonchev–Trinajstić information content (AvgIpc) is 2.42. The second kappa shape index (κ2) is 4.88. The van der Waals surface area contributed by atoms with Crippen molar-refractivity contribution in [2.45, 2.75) is 19.3 Å². The van der Waals surface area contributed by atoms with Gasteiger partial charge in [-0.15, -0.1) is 0 Å². The van der Waals surface area contributed by atoms with Gasteiger partial charge in [0.1, 0.15) is 5.82 Å². The lowest BCUT2D eigenvalue weighted by molar-refractivity contribution is -0.136. The van der Waals surface area contributed by atoms with Crippen molar-refractivity contribution < 1.29 is 9.90 Å². The summed E-state index contributed by atoms with van der Waals surface area (Å²) in [6.07, 6.45) is 2.25. The average molecular weight is 256 g/mol. The van der Waals surface area contributed by atoms with E-state index in [2.05, 4.69) is 17.0 Å². The molecule has 1 N–H and O–H groups in total. The second-order valence-electron chi connectivity index (χ2n) is 4.90. The number of pyridine rings is 1. The fourth-order valence-corrected chi connectivity index (χ4v) is 2.62. The monoisotopic (exact) mass is 256 g/mol. The van der Waals surface area contributed by atoms with Crippen LogP contribution in [0.15, 0.2) is 30.3 Å². The standard InChI is InChI=1S/C15H16N2O2/c18-14(19)7-9-17-8-3-5-12-10-11-4-1-2-6-13(11)16-15(12)17/h1-2,4,6,10H,3,5,7-9H2,(H,18,19). The Morgan fingerprint density at radius 2 is 2.21 bits per heavy atom. The molecule has 4 nitrogen and oxygen atoms in total. The zero-order valence-electron chi connectivity index (χ0n) is 10.7. The molecule has 4 heteroatoms. The molecule has 0 unspecified atom stereocenters. The van der Waals surface area contributed by atoms with Crippen LogP contribution >= 0.6 is 0 Å². The molecule has 0 aliphatic carbocycles. The van der Waals surface area contributed by atoms with E-state index in [9.17, 15) is 4.79 Å². The van der Waals surface area contributed by atoms with Gasteiger partial charge in [-0.25, -0.2) is 4.98 Å². The highest BCUT2D eigenvalue weighted by molar-refractivity contribution is 5.82. The van der Waals surface area contributed by atoms with Crippen molar-refractivity contribution in [1.29, 1.82) is 0 Å². The summed E-state index contributed by atoms with van der Waals surface area (Å²) in [5.74, 6) is 0.208. The van der Waals surface area contributed by atoms with Gasteiger partial charge < -0.3 is 10.0 Å². The lowest BCUT2D eigenvalue weighted by Crippen LogP contribution is -2.32. The number of aryl methyl sites for hydroxylation is 1. The number of hydrogen-bond donors (Lipinski definition) is 1. The van der Waals surface area contributed by atoms with Crippen LogP contribution in [0.5, 0.6) is 0 Å². The quantitative estimate of drug-likeness (QED) is 0.916. The Morgan fingerprint density at radius 3 is 3.05 bits per heavy atom. The first-order valence-electron chi connectivity index (χ1n) is 6.59. The van der Waals surface area contributed by atoms with Crippen molar-refractivity contribution in [3.63, 3.8) is 0 Å². The number of anilines is 1. The van der Waals surface area contributed by atoms with Crippen LogP contribution in [-0.4, -0.2) is 29.1 Å². The van der Waals surface area contributed by atoms with Gasteiger partial charge in [-0.05, 0) is 30.5 Å². The summed E-state index contributed by atoms with van der Waals surface area (Å²) >= 11 is 0. The van der Waals surface area contributed by atoms with Crippen LogP contribution < -0.4 is 4.90 Å². The van der Waals surface area contributed by atoms with Gasteiger partial charge in [0.25, 0.3) is 0 Å². The number of aliphatic carboxylic acids is 1. The molecule has 3 rings (SSSR count). The van der Waals surface area contributed by atoms with E-state index in [0.29, 0.717) is 6.54 Å². The SMILES string of the molecule is O=C(O)CCN1CCCc2cc3ccccc3nc21. The van der Waals surface area contributed by atoms with E-state index in [1.165, 1.54) is 5.56 Å². The number of carbonyl (C=O) groups is 1. The first-order valence-corrected chi connectivity index (χ1v) is 6.59. The van der Waals surface area contributed by atoms with Gasteiger partial charge in [0, 0.05) is 18.5 Å². The van der Waals surface area contributed by atoms with Crippen molar-refractivity contribution in [3.8, 4) is 0 Å². The molecule has 0 atom stereocenters. The van der Waals surface area contributed by atoms with Crippen molar-refractivity contribution in [2.24, 2.45) is 0 Å². The fourth-order valence-electron chi connectivity index (χ4n) is 2.62. The lowest BCUT2D eigenvalue weighted by Gasteiger charge is -2.30. The van der Waals surface area contributed by atoms with E-state index in [1.54, 1.807) is 0 Å². The van der Waals surface area contributed by atoms with Crippen LogP contribution in [0.4, 0.5) is 5.82 Å². The third kappa shape index (κ3) is 2.38. The van der Waals surface area contributed by atoms with Crippen molar-refractivity contribution in [2.75, 3.05) is 18.0 Å². The molecule has 1 aliphatic heterocycles. The highest BCUT2D eigenvalue weighted by Crippen LogP contribution is 2.28. The predicted octanol–water partition coefficient (Wildman–Crippen LogP) is 2.46. The number of benzene rings is 1. The number of carboxylic acids is 1. The van der Waals surface area contributed by atoms with Crippen LogP contribution in [0.3, 0.4) is 0 Å². The van der Waals surface area contributed by atoms with Crippen molar-refractivity contribution in [3.05, 3.63) is 35.9 Å². The molecule has 0 amide bonds.